The Morgan fingerprint density at radius 1 is 1.33 bits per heavy atom. The number of ether oxygens (including phenoxy) is 2. The Hall–Kier alpha value is -1.75. The molecule has 0 aliphatic heterocycles. The van der Waals surface area contributed by atoms with Crippen molar-refractivity contribution in [2.75, 3.05) is 13.2 Å². The Morgan fingerprint density at radius 3 is 2.57 bits per heavy atom. The van der Waals surface area contributed by atoms with E-state index in [4.69, 9.17) is 9.47 Å². The molecule has 0 amide bonds. The van der Waals surface area contributed by atoms with E-state index in [0.29, 0.717) is 26.0 Å². The zero-order valence-corrected chi connectivity index (χ0v) is 12.6. The first-order valence-corrected chi connectivity index (χ1v) is 7.47. The van der Waals surface area contributed by atoms with Crippen molar-refractivity contribution < 1.29 is 19.4 Å². The summed E-state index contributed by atoms with van der Waals surface area (Å²) < 4.78 is 11.3. The Bertz CT molecular complexity index is 474. The third-order valence-electron chi connectivity index (χ3n) is 3.83. The molecule has 0 aromatic heterocycles. The lowest BCUT2D eigenvalue weighted by molar-refractivity contribution is -0.144. The molecule has 2 N–H and O–H groups in total. The van der Waals surface area contributed by atoms with Crippen LogP contribution in [0.15, 0.2) is 24.3 Å². The average Bonchev–Trinajstić information content (AvgIpc) is 2.86. The predicted octanol–water partition coefficient (Wildman–Crippen LogP) is 2.45. The topological polar surface area (TPSA) is 67.8 Å². The predicted molar refractivity (Wildman–Crippen MR) is 79.9 cm³/mol. The van der Waals surface area contributed by atoms with Crippen molar-refractivity contribution in [2.45, 2.75) is 44.8 Å². The molecule has 5 heteroatoms. The summed E-state index contributed by atoms with van der Waals surface area (Å²) in [7, 11) is 0. The summed E-state index contributed by atoms with van der Waals surface area (Å²) >= 11 is 0. The van der Waals surface area contributed by atoms with Gasteiger partial charge in [-0.1, -0.05) is 6.92 Å². The molecule has 1 aliphatic rings. The van der Waals surface area contributed by atoms with Gasteiger partial charge in [-0.2, -0.15) is 0 Å². The van der Waals surface area contributed by atoms with E-state index in [1.165, 1.54) is 0 Å². The van der Waals surface area contributed by atoms with Crippen molar-refractivity contribution in [1.82, 2.24) is 5.32 Å². The van der Waals surface area contributed by atoms with Crippen LogP contribution < -0.4 is 14.8 Å². The lowest BCUT2D eigenvalue weighted by Gasteiger charge is -2.25. The monoisotopic (exact) mass is 293 g/mol. The first-order valence-electron chi connectivity index (χ1n) is 7.47. The molecule has 5 nitrogen and oxygen atoms in total. The molecule has 0 spiro atoms. The molecule has 1 aromatic rings. The minimum Gasteiger partial charge on any atom is -0.494 e. The van der Waals surface area contributed by atoms with Crippen LogP contribution in [0.5, 0.6) is 11.5 Å². The molecule has 0 saturated heterocycles. The van der Waals surface area contributed by atoms with Gasteiger partial charge in [0.25, 0.3) is 0 Å². The number of carbonyl (C=O) groups is 1. The normalized spacial score (nSPS) is 24.8. The van der Waals surface area contributed by atoms with E-state index in [2.05, 4.69) is 5.32 Å². The lowest BCUT2D eigenvalue weighted by Crippen LogP contribution is -2.50. The van der Waals surface area contributed by atoms with Gasteiger partial charge in [0.2, 0.25) is 0 Å². The Labute approximate surface area is 125 Å². The van der Waals surface area contributed by atoms with Crippen molar-refractivity contribution in [3.63, 3.8) is 0 Å². The molecule has 0 bridgehead atoms. The van der Waals surface area contributed by atoms with Gasteiger partial charge in [-0.15, -0.1) is 0 Å². The van der Waals surface area contributed by atoms with Crippen molar-refractivity contribution in [2.24, 2.45) is 0 Å². The second kappa shape index (κ2) is 6.80. The van der Waals surface area contributed by atoms with Crippen LogP contribution in [0, 0.1) is 0 Å². The van der Waals surface area contributed by atoms with Gasteiger partial charge in [-0.3, -0.25) is 4.79 Å². The summed E-state index contributed by atoms with van der Waals surface area (Å²) in [6.45, 7) is 5.13. The maximum atomic E-state index is 11.5. The van der Waals surface area contributed by atoms with Gasteiger partial charge in [0.1, 0.15) is 23.1 Å². The maximum absolute atomic E-state index is 11.5. The van der Waals surface area contributed by atoms with Crippen LogP contribution in [0.3, 0.4) is 0 Å². The van der Waals surface area contributed by atoms with Crippen molar-refractivity contribution in [1.29, 1.82) is 0 Å². The smallest absolute Gasteiger partial charge is 0.324 e. The molecule has 1 aromatic carbocycles. The molecule has 0 heterocycles. The number of hydrogen-bond donors (Lipinski definition) is 2. The van der Waals surface area contributed by atoms with E-state index < -0.39 is 11.5 Å². The van der Waals surface area contributed by atoms with Gasteiger partial charge in [-0.05, 0) is 50.6 Å². The fraction of sp³-hybridized carbons (Fsp3) is 0.562. The molecular formula is C16H23NO4. The highest BCUT2D eigenvalue weighted by Gasteiger charge is 2.45. The standard InChI is InChI=1S/C16H23NO4/c1-3-17-16(15(18)19)10-9-14(11-16)21-13-7-5-12(6-8-13)20-4-2/h5-8,14,17H,3-4,9-11H2,1-2H3,(H,18,19). The highest BCUT2D eigenvalue weighted by Crippen LogP contribution is 2.33. The second-order valence-electron chi connectivity index (χ2n) is 5.30. The number of rotatable bonds is 7. The van der Waals surface area contributed by atoms with Crippen LogP contribution in [0.4, 0.5) is 0 Å². The van der Waals surface area contributed by atoms with Gasteiger partial charge in [0.05, 0.1) is 6.61 Å². The minimum absolute atomic E-state index is 0.0712. The van der Waals surface area contributed by atoms with Crippen LogP contribution in [0.1, 0.15) is 33.1 Å². The molecule has 1 aliphatic carbocycles. The van der Waals surface area contributed by atoms with Crippen LogP contribution in [0.2, 0.25) is 0 Å². The summed E-state index contributed by atoms with van der Waals surface area (Å²) in [5.41, 5.74) is -0.843. The van der Waals surface area contributed by atoms with Gasteiger partial charge in [0.15, 0.2) is 0 Å². The molecular weight excluding hydrogens is 270 g/mol. The Morgan fingerprint density at radius 2 is 2.00 bits per heavy atom. The van der Waals surface area contributed by atoms with E-state index in [0.717, 1.165) is 17.9 Å². The van der Waals surface area contributed by atoms with Crippen LogP contribution in [0.25, 0.3) is 0 Å². The summed E-state index contributed by atoms with van der Waals surface area (Å²) in [5.74, 6) is 0.770. The van der Waals surface area contributed by atoms with Crippen molar-refractivity contribution in [3.05, 3.63) is 24.3 Å². The van der Waals surface area contributed by atoms with E-state index in [-0.39, 0.29) is 6.10 Å². The Balaban J connectivity index is 1.96. The molecule has 2 rings (SSSR count). The van der Waals surface area contributed by atoms with Crippen molar-refractivity contribution >= 4 is 5.97 Å². The number of likely N-dealkylation sites (N-methyl/N-ethyl adjacent to an activating group) is 1. The van der Waals surface area contributed by atoms with Gasteiger partial charge >= 0.3 is 5.97 Å². The van der Waals surface area contributed by atoms with Gasteiger partial charge in [-0.25, -0.2) is 0 Å². The first kappa shape index (κ1) is 15.6. The third-order valence-corrected chi connectivity index (χ3v) is 3.83. The Kier molecular flexibility index (Phi) is 5.07. The number of carboxylic acids is 1. The SMILES string of the molecule is CCNC1(C(=O)O)CCC(Oc2ccc(OCC)cc2)C1. The third kappa shape index (κ3) is 3.67. The van der Waals surface area contributed by atoms with Gasteiger partial charge < -0.3 is 19.9 Å². The molecule has 21 heavy (non-hydrogen) atoms. The fourth-order valence-electron chi connectivity index (χ4n) is 2.84. The zero-order valence-electron chi connectivity index (χ0n) is 12.6. The first-order chi connectivity index (χ1) is 10.1. The molecule has 2 atom stereocenters. The maximum Gasteiger partial charge on any atom is 0.324 e. The largest absolute Gasteiger partial charge is 0.494 e. The summed E-state index contributed by atoms with van der Waals surface area (Å²) in [6, 6.07) is 7.45. The quantitative estimate of drug-likeness (QED) is 0.808. The highest BCUT2D eigenvalue weighted by atomic mass is 16.5. The molecule has 1 fully saturated rings. The lowest BCUT2D eigenvalue weighted by atomic mass is 9.98. The average molecular weight is 293 g/mol. The molecule has 2 unspecified atom stereocenters. The summed E-state index contributed by atoms with van der Waals surface area (Å²) in [6.07, 6.45) is 1.76. The number of nitrogens with one attached hydrogen (secondary N) is 1. The summed E-state index contributed by atoms with van der Waals surface area (Å²) in [5, 5.41) is 12.5. The molecule has 1 saturated carbocycles. The minimum atomic E-state index is -0.843. The van der Waals surface area contributed by atoms with Crippen molar-refractivity contribution in [3.8, 4) is 11.5 Å². The number of hydrogen-bond acceptors (Lipinski definition) is 4. The zero-order chi connectivity index (χ0) is 15.3. The molecule has 116 valence electrons. The van der Waals surface area contributed by atoms with E-state index >= 15 is 0 Å². The van der Waals surface area contributed by atoms with E-state index in [1.807, 2.05) is 38.1 Å². The molecule has 0 radical (unpaired) electrons. The highest BCUT2D eigenvalue weighted by molar-refractivity contribution is 5.79. The second-order valence-corrected chi connectivity index (χ2v) is 5.30. The van der Waals surface area contributed by atoms with E-state index in [9.17, 15) is 9.90 Å². The number of aliphatic carboxylic acids is 1. The van der Waals surface area contributed by atoms with Crippen LogP contribution >= 0.6 is 0 Å². The van der Waals surface area contributed by atoms with Crippen LogP contribution in [-0.4, -0.2) is 35.9 Å². The fourth-order valence-corrected chi connectivity index (χ4v) is 2.84. The van der Waals surface area contributed by atoms with Crippen LogP contribution in [-0.2, 0) is 4.79 Å². The number of carboxylic acid groups (broad SMARTS) is 1. The van der Waals surface area contributed by atoms with E-state index in [1.54, 1.807) is 0 Å². The van der Waals surface area contributed by atoms with Gasteiger partial charge in [0, 0.05) is 6.42 Å². The number of benzene rings is 1. The summed E-state index contributed by atoms with van der Waals surface area (Å²) in [4.78, 5) is 11.5.